The van der Waals surface area contributed by atoms with Gasteiger partial charge in [-0.1, -0.05) is 0 Å². The van der Waals surface area contributed by atoms with Crippen molar-refractivity contribution in [2.45, 2.75) is 39.1 Å². The summed E-state index contributed by atoms with van der Waals surface area (Å²) >= 11 is 0. The molecule has 0 radical (unpaired) electrons. The van der Waals surface area contributed by atoms with Crippen molar-refractivity contribution >= 4 is 16.9 Å². The lowest BCUT2D eigenvalue weighted by Gasteiger charge is -2.19. The Morgan fingerprint density at radius 3 is 2.52 bits per heavy atom. The van der Waals surface area contributed by atoms with E-state index >= 15 is 0 Å². The number of nitrogens with zero attached hydrogens (tertiary/aromatic N) is 2. The first-order chi connectivity index (χ1) is 9.55. The summed E-state index contributed by atoms with van der Waals surface area (Å²) in [4.78, 5) is 11.9. The molecule has 0 bridgehead atoms. The predicted molar refractivity (Wildman–Crippen MR) is 71.0 cm³/mol. The number of fused-ring (bicyclic) bond motifs is 1. The number of aromatic nitrogens is 2. The third kappa shape index (κ3) is 3.96. The highest BCUT2D eigenvalue weighted by atomic mass is 19.4. The van der Waals surface area contributed by atoms with Crippen molar-refractivity contribution in [3.8, 4) is 0 Å². The standard InChI is InChI=1S/C14H15F3N2O2/c1-13(2,3)21-12(20)9-4-5-11-10(6-9)7-18-19(11)8-14(15,16)17/h4-7H,8H2,1-3H3. The van der Waals surface area contributed by atoms with Crippen LogP contribution in [0.2, 0.25) is 0 Å². The van der Waals surface area contributed by atoms with Gasteiger partial charge >= 0.3 is 12.1 Å². The molecule has 1 aromatic carbocycles. The largest absolute Gasteiger partial charge is 0.456 e. The van der Waals surface area contributed by atoms with E-state index in [1.54, 1.807) is 20.8 Å². The fraction of sp³-hybridized carbons (Fsp3) is 0.429. The molecular formula is C14H15F3N2O2. The quantitative estimate of drug-likeness (QED) is 0.797. The number of halogens is 3. The molecular weight excluding hydrogens is 285 g/mol. The molecule has 0 saturated carbocycles. The zero-order chi connectivity index (χ0) is 15.8. The average Bonchev–Trinajstić information content (AvgIpc) is 2.67. The second-order valence-electron chi connectivity index (χ2n) is 5.69. The summed E-state index contributed by atoms with van der Waals surface area (Å²) < 4.78 is 43.3. The van der Waals surface area contributed by atoms with Gasteiger partial charge in [-0.25, -0.2) is 4.79 Å². The number of alkyl halides is 3. The number of hydrogen-bond donors (Lipinski definition) is 0. The van der Waals surface area contributed by atoms with Gasteiger partial charge in [-0.05, 0) is 39.0 Å². The summed E-state index contributed by atoms with van der Waals surface area (Å²) in [5, 5.41) is 4.16. The molecule has 114 valence electrons. The lowest BCUT2D eigenvalue weighted by Crippen LogP contribution is -2.23. The highest BCUT2D eigenvalue weighted by molar-refractivity contribution is 5.94. The molecule has 0 aliphatic heterocycles. The fourth-order valence-corrected chi connectivity index (χ4v) is 1.85. The molecule has 0 amide bonds. The molecule has 0 unspecified atom stereocenters. The first-order valence-corrected chi connectivity index (χ1v) is 6.31. The van der Waals surface area contributed by atoms with Crippen LogP contribution >= 0.6 is 0 Å². The van der Waals surface area contributed by atoms with E-state index in [4.69, 9.17) is 4.74 Å². The van der Waals surface area contributed by atoms with E-state index in [1.807, 2.05) is 0 Å². The van der Waals surface area contributed by atoms with Crippen LogP contribution in [0.15, 0.2) is 24.4 Å². The van der Waals surface area contributed by atoms with Crippen molar-refractivity contribution < 1.29 is 22.7 Å². The number of rotatable bonds is 2. The Morgan fingerprint density at radius 1 is 1.29 bits per heavy atom. The van der Waals surface area contributed by atoms with Crippen LogP contribution in [-0.4, -0.2) is 27.5 Å². The molecule has 0 aliphatic rings. The van der Waals surface area contributed by atoms with Crippen molar-refractivity contribution in [1.82, 2.24) is 9.78 Å². The van der Waals surface area contributed by atoms with E-state index in [1.165, 1.54) is 24.4 Å². The Hall–Kier alpha value is -2.05. The smallest absolute Gasteiger partial charge is 0.408 e. The monoisotopic (exact) mass is 300 g/mol. The van der Waals surface area contributed by atoms with Crippen LogP contribution in [0.1, 0.15) is 31.1 Å². The lowest BCUT2D eigenvalue weighted by molar-refractivity contribution is -0.141. The van der Waals surface area contributed by atoms with E-state index in [9.17, 15) is 18.0 Å². The predicted octanol–water partition coefficient (Wildman–Crippen LogP) is 3.55. The summed E-state index contributed by atoms with van der Waals surface area (Å²) in [6.07, 6.45) is -3.04. The van der Waals surface area contributed by atoms with Crippen molar-refractivity contribution in [3.05, 3.63) is 30.0 Å². The van der Waals surface area contributed by atoms with Crippen LogP contribution in [-0.2, 0) is 11.3 Å². The summed E-state index contributed by atoms with van der Waals surface area (Å²) in [7, 11) is 0. The maximum atomic E-state index is 12.4. The summed E-state index contributed by atoms with van der Waals surface area (Å²) in [5.41, 5.74) is -0.0319. The van der Waals surface area contributed by atoms with Crippen molar-refractivity contribution in [2.75, 3.05) is 0 Å². The van der Waals surface area contributed by atoms with Gasteiger partial charge in [0.1, 0.15) is 12.1 Å². The molecule has 21 heavy (non-hydrogen) atoms. The van der Waals surface area contributed by atoms with Gasteiger partial charge in [0.25, 0.3) is 0 Å². The summed E-state index contributed by atoms with van der Waals surface area (Å²) in [6.45, 7) is 4.06. The third-order valence-corrected chi connectivity index (χ3v) is 2.61. The number of hydrogen-bond acceptors (Lipinski definition) is 3. The Bertz CT molecular complexity index is 669. The second-order valence-corrected chi connectivity index (χ2v) is 5.69. The highest BCUT2D eigenvalue weighted by Gasteiger charge is 2.29. The Morgan fingerprint density at radius 2 is 1.95 bits per heavy atom. The van der Waals surface area contributed by atoms with E-state index in [0.29, 0.717) is 10.9 Å². The van der Waals surface area contributed by atoms with Crippen LogP contribution in [0.3, 0.4) is 0 Å². The van der Waals surface area contributed by atoms with Gasteiger partial charge in [-0.15, -0.1) is 0 Å². The number of esters is 1. The van der Waals surface area contributed by atoms with E-state index < -0.39 is 24.3 Å². The van der Waals surface area contributed by atoms with Crippen LogP contribution in [0.25, 0.3) is 10.9 Å². The zero-order valence-electron chi connectivity index (χ0n) is 11.9. The Balaban J connectivity index is 2.30. The first-order valence-electron chi connectivity index (χ1n) is 6.31. The number of carbonyl (C=O) groups excluding carboxylic acids is 1. The SMILES string of the molecule is CC(C)(C)OC(=O)c1ccc2c(cnn2CC(F)(F)F)c1. The Kier molecular flexibility index (Phi) is 3.69. The van der Waals surface area contributed by atoms with Gasteiger partial charge in [0, 0.05) is 5.39 Å². The topological polar surface area (TPSA) is 44.1 Å². The van der Waals surface area contributed by atoms with Gasteiger partial charge < -0.3 is 4.74 Å². The van der Waals surface area contributed by atoms with Gasteiger partial charge in [0.15, 0.2) is 0 Å². The third-order valence-electron chi connectivity index (χ3n) is 2.61. The number of benzene rings is 1. The highest BCUT2D eigenvalue weighted by Crippen LogP contribution is 2.23. The molecule has 2 aromatic rings. The molecule has 0 spiro atoms. The Labute approximate surface area is 119 Å². The van der Waals surface area contributed by atoms with Crippen molar-refractivity contribution in [1.29, 1.82) is 0 Å². The minimum Gasteiger partial charge on any atom is -0.456 e. The van der Waals surface area contributed by atoms with Gasteiger partial charge in [-0.3, -0.25) is 4.68 Å². The molecule has 0 aliphatic carbocycles. The van der Waals surface area contributed by atoms with Crippen LogP contribution in [0.4, 0.5) is 13.2 Å². The molecule has 0 saturated heterocycles. The molecule has 0 fully saturated rings. The van der Waals surface area contributed by atoms with Crippen molar-refractivity contribution in [2.24, 2.45) is 0 Å². The van der Waals surface area contributed by atoms with Gasteiger partial charge in [0.2, 0.25) is 0 Å². The van der Waals surface area contributed by atoms with Crippen LogP contribution < -0.4 is 0 Å². The maximum absolute atomic E-state index is 12.4. The molecule has 4 nitrogen and oxygen atoms in total. The fourth-order valence-electron chi connectivity index (χ4n) is 1.85. The minimum absolute atomic E-state index is 0.281. The molecule has 0 N–H and O–H groups in total. The number of carbonyl (C=O) groups is 1. The first kappa shape index (κ1) is 15.3. The van der Waals surface area contributed by atoms with Crippen LogP contribution in [0.5, 0.6) is 0 Å². The van der Waals surface area contributed by atoms with E-state index in [0.717, 1.165) is 4.68 Å². The zero-order valence-corrected chi connectivity index (χ0v) is 11.9. The molecule has 2 rings (SSSR count). The summed E-state index contributed by atoms with van der Waals surface area (Å²) in [5.74, 6) is -0.520. The van der Waals surface area contributed by atoms with E-state index in [2.05, 4.69) is 5.10 Å². The summed E-state index contributed by atoms with van der Waals surface area (Å²) in [6, 6.07) is 4.35. The number of ether oxygens (including phenoxy) is 1. The normalized spacial score (nSPS) is 12.7. The average molecular weight is 300 g/mol. The molecule has 0 atom stereocenters. The van der Waals surface area contributed by atoms with E-state index in [-0.39, 0.29) is 5.56 Å². The van der Waals surface area contributed by atoms with Crippen molar-refractivity contribution in [3.63, 3.8) is 0 Å². The molecule has 1 heterocycles. The lowest BCUT2D eigenvalue weighted by atomic mass is 10.1. The van der Waals surface area contributed by atoms with Gasteiger partial charge in [-0.2, -0.15) is 18.3 Å². The second kappa shape index (κ2) is 5.05. The molecule has 7 heteroatoms. The maximum Gasteiger partial charge on any atom is 0.408 e. The molecule has 1 aromatic heterocycles. The van der Waals surface area contributed by atoms with Crippen LogP contribution in [0, 0.1) is 0 Å². The minimum atomic E-state index is -4.34. The van der Waals surface area contributed by atoms with Gasteiger partial charge in [0.05, 0.1) is 17.3 Å².